The molecule has 1 rings (SSSR count). The van der Waals surface area contributed by atoms with Crippen molar-refractivity contribution >= 4 is 5.69 Å². The monoisotopic (exact) mass is 226 g/mol. The first-order valence-corrected chi connectivity index (χ1v) is 5.50. The van der Waals surface area contributed by atoms with Crippen LogP contribution in [0.25, 0.3) is 0 Å². The summed E-state index contributed by atoms with van der Waals surface area (Å²) in [6.45, 7) is 3.31. The van der Waals surface area contributed by atoms with Gasteiger partial charge in [0.15, 0.2) is 0 Å². The first kappa shape index (κ1) is 12.9. The third-order valence-electron chi connectivity index (χ3n) is 2.64. The predicted octanol–water partition coefficient (Wildman–Crippen LogP) is 1.23. The molecule has 1 atom stereocenters. The summed E-state index contributed by atoms with van der Waals surface area (Å²) in [7, 11) is 1.79. The first-order valence-electron chi connectivity index (χ1n) is 5.50. The van der Waals surface area contributed by atoms with E-state index < -0.39 is 0 Å². The standard InChI is InChI=1S/C12H19FN2O/c1-3-15(8-10(9-16)14-2)12-7-5-4-6-11(12)13/h4-7,10,14,16H,3,8-9H2,1-2H3. The van der Waals surface area contributed by atoms with E-state index in [1.165, 1.54) is 6.07 Å². The fourth-order valence-electron chi connectivity index (χ4n) is 1.61. The average molecular weight is 226 g/mol. The van der Waals surface area contributed by atoms with E-state index in [1.807, 2.05) is 17.9 Å². The third-order valence-corrected chi connectivity index (χ3v) is 2.64. The number of hydrogen-bond acceptors (Lipinski definition) is 3. The Labute approximate surface area is 95.9 Å². The van der Waals surface area contributed by atoms with Crippen LogP contribution in [-0.2, 0) is 0 Å². The third kappa shape index (κ3) is 3.18. The minimum absolute atomic E-state index is 0.0421. The zero-order valence-electron chi connectivity index (χ0n) is 9.78. The summed E-state index contributed by atoms with van der Waals surface area (Å²) >= 11 is 0. The summed E-state index contributed by atoms with van der Waals surface area (Å²) < 4.78 is 13.6. The van der Waals surface area contributed by atoms with Crippen LogP contribution < -0.4 is 10.2 Å². The number of para-hydroxylation sites is 1. The largest absolute Gasteiger partial charge is 0.395 e. The molecule has 0 aliphatic carbocycles. The Bertz CT molecular complexity index is 316. The van der Waals surface area contributed by atoms with E-state index in [1.54, 1.807) is 19.2 Å². The van der Waals surface area contributed by atoms with Crippen molar-refractivity contribution < 1.29 is 9.50 Å². The van der Waals surface area contributed by atoms with Gasteiger partial charge in [-0.2, -0.15) is 0 Å². The van der Waals surface area contributed by atoms with Gasteiger partial charge in [-0.3, -0.25) is 0 Å². The highest BCUT2D eigenvalue weighted by Crippen LogP contribution is 2.18. The van der Waals surface area contributed by atoms with Crippen LogP contribution in [0.15, 0.2) is 24.3 Å². The maximum Gasteiger partial charge on any atom is 0.146 e. The van der Waals surface area contributed by atoms with Crippen LogP contribution in [0.5, 0.6) is 0 Å². The SMILES string of the molecule is CCN(CC(CO)NC)c1ccccc1F. The number of halogens is 1. The molecule has 16 heavy (non-hydrogen) atoms. The van der Waals surface area contributed by atoms with Gasteiger partial charge in [-0.1, -0.05) is 12.1 Å². The average Bonchev–Trinajstić information content (AvgIpc) is 2.32. The van der Waals surface area contributed by atoms with Crippen LogP contribution in [0, 0.1) is 5.82 Å². The van der Waals surface area contributed by atoms with Crippen LogP contribution in [0.3, 0.4) is 0 Å². The molecule has 0 aromatic heterocycles. The molecule has 1 aromatic carbocycles. The van der Waals surface area contributed by atoms with Crippen LogP contribution in [-0.4, -0.2) is 37.9 Å². The van der Waals surface area contributed by atoms with Gasteiger partial charge in [0, 0.05) is 19.1 Å². The maximum atomic E-state index is 13.6. The van der Waals surface area contributed by atoms with Gasteiger partial charge < -0.3 is 15.3 Å². The van der Waals surface area contributed by atoms with E-state index >= 15 is 0 Å². The Morgan fingerprint density at radius 3 is 2.62 bits per heavy atom. The Kier molecular flexibility index (Phi) is 5.22. The van der Waals surface area contributed by atoms with Crippen molar-refractivity contribution in [3.05, 3.63) is 30.1 Å². The molecule has 0 heterocycles. The Balaban J connectivity index is 2.78. The number of nitrogens with zero attached hydrogens (tertiary/aromatic N) is 1. The zero-order chi connectivity index (χ0) is 12.0. The minimum Gasteiger partial charge on any atom is -0.395 e. The fourth-order valence-corrected chi connectivity index (χ4v) is 1.61. The normalized spacial score (nSPS) is 12.5. The second kappa shape index (κ2) is 6.45. The fraction of sp³-hybridized carbons (Fsp3) is 0.500. The van der Waals surface area contributed by atoms with Crippen LogP contribution in [0.1, 0.15) is 6.92 Å². The maximum absolute atomic E-state index is 13.6. The van der Waals surface area contributed by atoms with E-state index in [2.05, 4.69) is 5.32 Å². The molecule has 0 aliphatic heterocycles. The quantitative estimate of drug-likeness (QED) is 0.766. The van der Waals surface area contributed by atoms with Gasteiger partial charge >= 0.3 is 0 Å². The lowest BCUT2D eigenvalue weighted by Gasteiger charge is -2.27. The second-order valence-corrected chi connectivity index (χ2v) is 3.66. The molecular weight excluding hydrogens is 207 g/mol. The predicted molar refractivity (Wildman–Crippen MR) is 64.2 cm³/mol. The summed E-state index contributed by atoms with van der Waals surface area (Å²) in [5.41, 5.74) is 0.582. The molecule has 0 amide bonds. The second-order valence-electron chi connectivity index (χ2n) is 3.66. The van der Waals surface area contributed by atoms with E-state index in [9.17, 15) is 4.39 Å². The highest BCUT2D eigenvalue weighted by atomic mass is 19.1. The topological polar surface area (TPSA) is 35.5 Å². The molecule has 3 nitrogen and oxygen atoms in total. The van der Waals surface area contributed by atoms with E-state index in [4.69, 9.17) is 5.11 Å². The molecule has 0 spiro atoms. The molecule has 0 radical (unpaired) electrons. The Morgan fingerprint density at radius 2 is 2.12 bits per heavy atom. The van der Waals surface area contributed by atoms with Crippen LogP contribution in [0.2, 0.25) is 0 Å². The van der Waals surface area contributed by atoms with E-state index in [0.717, 1.165) is 0 Å². The highest BCUT2D eigenvalue weighted by molar-refractivity contribution is 5.47. The molecule has 4 heteroatoms. The van der Waals surface area contributed by atoms with Crippen molar-refractivity contribution in [3.8, 4) is 0 Å². The molecular formula is C12H19FN2O. The molecule has 0 saturated heterocycles. The van der Waals surface area contributed by atoms with Crippen LogP contribution in [0.4, 0.5) is 10.1 Å². The summed E-state index contributed by atoms with van der Waals surface area (Å²) in [4.78, 5) is 1.91. The van der Waals surface area contributed by atoms with E-state index in [-0.39, 0.29) is 18.5 Å². The summed E-state index contributed by atoms with van der Waals surface area (Å²) in [6, 6.07) is 6.65. The van der Waals surface area contributed by atoms with Gasteiger partial charge in [-0.25, -0.2) is 4.39 Å². The van der Waals surface area contributed by atoms with E-state index in [0.29, 0.717) is 18.8 Å². The molecule has 2 N–H and O–H groups in total. The van der Waals surface area contributed by atoms with Crippen molar-refractivity contribution in [2.45, 2.75) is 13.0 Å². The number of aliphatic hydroxyl groups excluding tert-OH is 1. The van der Waals surface area contributed by atoms with Gasteiger partial charge in [0.25, 0.3) is 0 Å². The summed E-state index contributed by atoms with van der Waals surface area (Å²) in [5.74, 6) is -0.225. The number of aliphatic hydroxyl groups is 1. The molecule has 0 bridgehead atoms. The van der Waals surface area contributed by atoms with Crippen molar-refractivity contribution in [1.82, 2.24) is 5.32 Å². The van der Waals surface area contributed by atoms with Gasteiger partial charge in [-0.05, 0) is 26.1 Å². The molecule has 0 fully saturated rings. The molecule has 1 unspecified atom stereocenters. The molecule has 0 saturated carbocycles. The molecule has 0 aliphatic rings. The lowest BCUT2D eigenvalue weighted by atomic mass is 10.2. The van der Waals surface area contributed by atoms with Gasteiger partial charge in [0.05, 0.1) is 12.3 Å². The Morgan fingerprint density at radius 1 is 1.44 bits per heavy atom. The summed E-state index contributed by atoms with van der Waals surface area (Å²) in [5, 5.41) is 12.1. The number of hydrogen-bond donors (Lipinski definition) is 2. The molecule has 1 aromatic rings. The van der Waals surface area contributed by atoms with Crippen molar-refractivity contribution in [2.75, 3.05) is 31.6 Å². The highest BCUT2D eigenvalue weighted by Gasteiger charge is 2.13. The van der Waals surface area contributed by atoms with Crippen molar-refractivity contribution in [3.63, 3.8) is 0 Å². The summed E-state index contributed by atoms with van der Waals surface area (Å²) in [6.07, 6.45) is 0. The number of benzene rings is 1. The first-order chi connectivity index (χ1) is 7.72. The van der Waals surface area contributed by atoms with Gasteiger partial charge in [0.1, 0.15) is 5.82 Å². The zero-order valence-corrected chi connectivity index (χ0v) is 9.78. The van der Waals surface area contributed by atoms with Gasteiger partial charge in [0.2, 0.25) is 0 Å². The smallest absolute Gasteiger partial charge is 0.146 e. The number of nitrogens with one attached hydrogen (secondary N) is 1. The number of likely N-dealkylation sites (N-methyl/N-ethyl adjacent to an activating group) is 2. The van der Waals surface area contributed by atoms with Crippen molar-refractivity contribution in [1.29, 1.82) is 0 Å². The number of rotatable bonds is 6. The lowest BCUT2D eigenvalue weighted by Crippen LogP contribution is -2.42. The minimum atomic E-state index is -0.225. The van der Waals surface area contributed by atoms with Gasteiger partial charge in [-0.15, -0.1) is 0 Å². The molecule has 90 valence electrons. The van der Waals surface area contributed by atoms with Crippen molar-refractivity contribution in [2.24, 2.45) is 0 Å². The van der Waals surface area contributed by atoms with Crippen LogP contribution >= 0.6 is 0 Å². The Hall–Kier alpha value is -1.13. The lowest BCUT2D eigenvalue weighted by molar-refractivity contribution is 0.250. The number of anilines is 1.